The van der Waals surface area contributed by atoms with E-state index in [0.717, 1.165) is 5.56 Å². The summed E-state index contributed by atoms with van der Waals surface area (Å²) in [7, 11) is 0. The van der Waals surface area contributed by atoms with Gasteiger partial charge in [-0.05, 0) is 19.1 Å². The molecule has 0 aromatic heterocycles. The zero-order valence-corrected chi connectivity index (χ0v) is 9.94. The third-order valence-corrected chi connectivity index (χ3v) is 1.90. The van der Waals surface area contributed by atoms with Crippen molar-refractivity contribution >= 4 is 17.9 Å². The molecule has 1 aromatic carbocycles. The Bertz CT molecular complexity index is 269. The molecule has 0 radical (unpaired) electrons. The normalized spacial score (nSPS) is 8.57. The molecule has 0 spiro atoms. The van der Waals surface area contributed by atoms with E-state index < -0.39 is 0 Å². The van der Waals surface area contributed by atoms with Crippen LogP contribution in [0.25, 0.3) is 0 Å². The van der Waals surface area contributed by atoms with Gasteiger partial charge < -0.3 is 0 Å². The van der Waals surface area contributed by atoms with Gasteiger partial charge in [0.1, 0.15) is 0 Å². The molecule has 1 amide bonds. The van der Waals surface area contributed by atoms with E-state index >= 15 is 0 Å². The second kappa shape index (κ2) is 7.44. The molecule has 0 aliphatic carbocycles. The van der Waals surface area contributed by atoms with Gasteiger partial charge in [0, 0.05) is 11.8 Å². The summed E-state index contributed by atoms with van der Waals surface area (Å²) >= 11 is 1.31. The molecule has 0 aliphatic heterocycles. The van der Waals surface area contributed by atoms with Crippen LogP contribution in [0.5, 0.6) is 0 Å². The molecule has 3 heteroatoms. The second-order valence-electron chi connectivity index (χ2n) is 2.50. The van der Waals surface area contributed by atoms with Crippen molar-refractivity contribution < 1.29 is 4.79 Å². The zero-order valence-electron chi connectivity index (χ0n) is 9.13. The van der Waals surface area contributed by atoms with E-state index in [2.05, 4.69) is 4.72 Å². The molecule has 78 valence electrons. The molecule has 0 bridgehead atoms. The quantitative estimate of drug-likeness (QED) is 0.762. The molecule has 0 heterocycles. The van der Waals surface area contributed by atoms with E-state index in [-0.39, 0.29) is 5.91 Å². The standard InChI is InChI=1S/C9H11NOS.C2H6/c1-7-3-5-8(6-4-7)9(11)10-12-2;1-2/h3-6H,1-2H3,(H,10,11);1-2H3. The smallest absolute Gasteiger partial charge is 0.261 e. The van der Waals surface area contributed by atoms with Crippen molar-refractivity contribution in [2.24, 2.45) is 0 Å². The van der Waals surface area contributed by atoms with E-state index in [1.807, 2.05) is 51.3 Å². The van der Waals surface area contributed by atoms with Crippen molar-refractivity contribution in [3.05, 3.63) is 35.4 Å². The molecule has 2 nitrogen and oxygen atoms in total. The molecule has 0 fully saturated rings. The largest absolute Gasteiger partial charge is 0.296 e. The van der Waals surface area contributed by atoms with Crippen LogP contribution in [0, 0.1) is 6.92 Å². The van der Waals surface area contributed by atoms with Crippen molar-refractivity contribution in [2.75, 3.05) is 6.26 Å². The average molecular weight is 211 g/mol. The predicted octanol–water partition coefficient (Wildman–Crippen LogP) is 3.03. The number of carbonyl (C=O) groups excluding carboxylic acids is 1. The lowest BCUT2D eigenvalue weighted by molar-refractivity contribution is 0.0984. The van der Waals surface area contributed by atoms with Gasteiger partial charge in [-0.15, -0.1) is 0 Å². The molecule has 1 aromatic rings. The topological polar surface area (TPSA) is 29.1 Å². The molecule has 1 N–H and O–H groups in total. The molecule has 0 aliphatic rings. The minimum atomic E-state index is -0.0394. The van der Waals surface area contributed by atoms with Gasteiger partial charge >= 0.3 is 0 Å². The lowest BCUT2D eigenvalue weighted by atomic mass is 10.1. The first-order chi connectivity index (χ1) is 6.74. The maximum atomic E-state index is 11.2. The molecule has 0 saturated carbocycles. The van der Waals surface area contributed by atoms with Crippen molar-refractivity contribution in [3.8, 4) is 0 Å². The molecule has 1 rings (SSSR count). The number of rotatable bonds is 2. The highest BCUT2D eigenvalue weighted by atomic mass is 32.2. The molecule has 0 atom stereocenters. The number of benzene rings is 1. The minimum absolute atomic E-state index is 0.0394. The van der Waals surface area contributed by atoms with E-state index in [1.165, 1.54) is 11.9 Å². The van der Waals surface area contributed by atoms with E-state index in [0.29, 0.717) is 5.56 Å². The Morgan fingerprint density at radius 3 is 2.14 bits per heavy atom. The van der Waals surface area contributed by atoms with Gasteiger partial charge in [-0.1, -0.05) is 43.5 Å². The van der Waals surface area contributed by atoms with Gasteiger partial charge in [0.15, 0.2) is 0 Å². The Morgan fingerprint density at radius 1 is 1.21 bits per heavy atom. The number of hydrogen-bond donors (Lipinski definition) is 1. The Labute approximate surface area is 90.2 Å². The molecule has 0 saturated heterocycles. The van der Waals surface area contributed by atoms with Crippen molar-refractivity contribution in [2.45, 2.75) is 20.8 Å². The number of amides is 1. The first-order valence-electron chi connectivity index (χ1n) is 4.64. The Kier molecular flexibility index (Phi) is 6.93. The number of nitrogens with one attached hydrogen (secondary N) is 1. The van der Waals surface area contributed by atoms with E-state index in [9.17, 15) is 4.79 Å². The lowest BCUT2D eigenvalue weighted by Gasteiger charge is -2.00. The third kappa shape index (κ3) is 4.33. The molecule has 0 unspecified atom stereocenters. The van der Waals surface area contributed by atoms with Crippen LogP contribution in [-0.2, 0) is 0 Å². The number of carbonyl (C=O) groups is 1. The summed E-state index contributed by atoms with van der Waals surface area (Å²) in [6.07, 6.45) is 1.83. The zero-order chi connectivity index (χ0) is 11.0. The molecule has 14 heavy (non-hydrogen) atoms. The first kappa shape index (κ1) is 13.0. The van der Waals surface area contributed by atoms with Crippen molar-refractivity contribution in [1.29, 1.82) is 0 Å². The monoisotopic (exact) mass is 211 g/mol. The van der Waals surface area contributed by atoms with Crippen LogP contribution >= 0.6 is 11.9 Å². The van der Waals surface area contributed by atoms with Gasteiger partial charge in [0.05, 0.1) is 0 Å². The van der Waals surface area contributed by atoms with E-state index in [4.69, 9.17) is 0 Å². The van der Waals surface area contributed by atoms with Crippen molar-refractivity contribution in [1.82, 2.24) is 4.72 Å². The van der Waals surface area contributed by atoms with Crippen LogP contribution in [0.15, 0.2) is 24.3 Å². The van der Waals surface area contributed by atoms with Crippen LogP contribution in [0.1, 0.15) is 29.8 Å². The molecular weight excluding hydrogens is 194 g/mol. The number of hydrogen-bond acceptors (Lipinski definition) is 2. The van der Waals surface area contributed by atoms with Gasteiger partial charge in [-0.25, -0.2) is 0 Å². The highest BCUT2D eigenvalue weighted by Gasteiger charge is 2.01. The van der Waals surface area contributed by atoms with Gasteiger partial charge in [0.2, 0.25) is 0 Å². The fourth-order valence-electron chi connectivity index (χ4n) is 0.857. The minimum Gasteiger partial charge on any atom is -0.296 e. The lowest BCUT2D eigenvalue weighted by Crippen LogP contribution is -2.14. The van der Waals surface area contributed by atoms with Gasteiger partial charge in [0.25, 0.3) is 5.91 Å². The summed E-state index contributed by atoms with van der Waals surface area (Å²) in [4.78, 5) is 11.2. The molecular formula is C11H17NOS. The third-order valence-electron chi connectivity index (χ3n) is 1.51. The van der Waals surface area contributed by atoms with E-state index in [1.54, 1.807) is 0 Å². The van der Waals surface area contributed by atoms with Crippen LogP contribution in [0.3, 0.4) is 0 Å². The SMILES string of the molecule is CC.CSNC(=O)c1ccc(C)cc1. The summed E-state index contributed by atoms with van der Waals surface area (Å²) < 4.78 is 2.66. The van der Waals surface area contributed by atoms with Gasteiger partial charge in [-0.3, -0.25) is 9.52 Å². The van der Waals surface area contributed by atoms with Crippen molar-refractivity contribution in [3.63, 3.8) is 0 Å². The summed E-state index contributed by atoms with van der Waals surface area (Å²) in [6.45, 7) is 6.00. The second-order valence-corrected chi connectivity index (χ2v) is 3.11. The Morgan fingerprint density at radius 2 is 1.71 bits per heavy atom. The summed E-state index contributed by atoms with van der Waals surface area (Å²) in [6, 6.07) is 7.49. The maximum absolute atomic E-state index is 11.2. The van der Waals surface area contributed by atoms with Crippen LogP contribution < -0.4 is 4.72 Å². The highest BCUT2D eigenvalue weighted by Crippen LogP contribution is 2.03. The van der Waals surface area contributed by atoms with Crippen LogP contribution in [0.2, 0.25) is 0 Å². The maximum Gasteiger partial charge on any atom is 0.261 e. The highest BCUT2D eigenvalue weighted by molar-refractivity contribution is 7.97. The first-order valence-corrected chi connectivity index (χ1v) is 5.86. The Hall–Kier alpha value is -0.960. The van der Waals surface area contributed by atoms with Crippen LogP contribution in [-0.4, -0.2) is 12.2 Å². The predicted molar refractivity (Wildman–Crippen MR) is 63.5 cm³/mol. The summed E-state index contributed by atoms with van der Waals surface area (Å²) in [5.41, 5.74) is 1.87. The fraction of sp³-hybridized carbons (Fsp3) is 0.364. The Balaban J connectivity index is 0.000000791. The number of aryl methyl sites for hydroxylation is 1. The average Bonchev–Trinajstić information content (AvgIpc) is 2.22. The summed E-state index contributed by atoms with van der Waals surface area (Å²) in [5, 5.41) is 0. The fourth-order valence-corrected chi connectivity index (χ4v) is 1.16. The van der Waals surface area contributed by atoms with Gasteiger partial charge in [-0.2, -0.15) is 0 Å². The van der Waals surface area contributed by atoms with Crippen LogP contribution in [0.4, 0.5) is 0 Å². The summed E-state index contributed by atoms with van der Waals surface area (Å²) in [5.74, 6) is -0.0394.